The molecule has 3 aromatic rings. The van der Waals surface area contributed by atoms with Crippen LogP contribution in [0.4, 0.5) is 5.69 Å². The molecule has 0 aromatic heterocycles. The fraction of sp³-hybridized carbons (Fsp3) is 0.333. The fourth-order valence-electron chi connectivity index (χ4n) is 6.51. The van der Waals surface area contributed by atoms with Crippen molar-refractivity contribution in [3.63, 3.8) is 0 Å². The summed E-state index contributed by atoms with van der Waals surface area (Å²) >= 11 is 0. The van der Waals surface area contributed by atoms with Crippen LogP contribution in [0.1, 0.15) is 47.4 Å². The SMILES string of the molecule is Cc1cccc2c1N(C)CC21C(c2ccccc2)CC(C)C1c1ccccc1. The summed E-state index contributed by atoms with van der Waals surface area (Å²) in [7, 11) is 2.29. The standard InChI is InChI=1S/C27H29N/c1-19-11-10-16-23-26(19)28(3)18-27(23)24(21-12-6-4-7-13-21)17-20(2)25(27)22-14-8-5-9-15-22/h4-16,20,24-25H,17-18H2,1-3H3. The van der Waals surface area contributed by atoms with Crippen molar-refractivity contribution in [1.29, 1.82) is 0 Å². The van der Waals surface area contributed by atoms with E-state index in [1.165, 1.54) is 28.8 Å². The van der Waals surface area contributed by atoms with E-state index in [9.17, 15) is 0 Å². The molecule has 0 saturated heterocycles. The summed E-state index contributed by atoms with van der Waals surface area (Å²) < 4.78 is 0. The molecule has 0 amide bonds. The van der Waals surface area contributed by atoms with Crippen LogP contribution in [0.15, 0.2) is 78.9 Å². The van der Waals surface area contributed by atoms with E-state index in [1.807, 2.05) is 0 Å². The molecule has 1 fully saturated rings. The van der Waals surface area contributed by atoms with Crippen LogP contribution in [0.3, 0.4) is 0 Å². The molecule has 4 unspecified atom stereocenters. The van der Waals surface area contributed by atoms with Gasteiger partial charge in [-0.2, -0.15) is 0 Å². The number of fused-ring (bicyclic) bond motifs is 2. The van der Waals surface area contributed by atoms with Gasteiger partial charge in [0, 0.05) is 24.7 Å². The molecule has 1 aliphatic carbocycles. The van der Waals surface area contributed by atoms with Gasteiger partial charge in [-0.25, -0.2) is 0 Å². The summed E-state index contributed by atoms with van der Waals surface area (Å²) in [5.74, 6) is 1.72. The van der Waals surface area contributed by atoms with Gasteiger partial charge in [0.15, 0.2) is 0 Å². The van der Waals surface area contributed by atoms with E-state index in [0.717, 1.165) is 6.54 Å². The molecule has 1 heteroatoms. The summed E-state index contributed by atoms with van der Waals surface area (Å²) in [6.45, 7) is 5.83. The zero-order chi connectivity index (χ0) is 19.3. The molecule has 1 saturated carbocycles. The molecule has 142 valence electrons. The number of aryl methyl sites for hydroxylation is 1. The summed E-state index contributed by atoms with van der Waals surface area (Å²) in [6, 6.07) is 29.5. The van der Waals surface area contributed by atoms with Gasteiger partial charge in [0.1, 0.15) is 0 Å². The predicted octanol–water partition coefficient (Wildman–Crippen LogP) is 6.29. The number of hydrogen-bond acceptors (Lipinski definition) is 1. The monoisotopic (exact) mass is 367 g/mol. The van der Waals surface area contributed by atoms with Crippen LogP contribution in [0.2, 0.25) is 0 Å². The van der Waals surface area contributed by atoms with Gasteiger partial charge in [0.25, 0.3) is 0 Å². The van der Waals surface area contributed by atoms with Crippen LogP contribution in [-0.4, -0.2) is 13.6 Å². The van der Waals surface area contributed by atoms with Crippen molar-refractivity contribution in [2.75, 3.05) is 18.5 Å². The maximum absolute atomic E-state index is 2.52. The Labute approximate surface area is 169 Å². The minimum Gasteiger partial charge on any atom is -0.373 e. The minimum absolute atomic E-state index is 0.123. The molecule has 3 aromatic carbocycles. The van der Waals surface area contributed by atoms with E-state index in [1.54, 1.807) is 5.56 Å². The number of nitrogens with zero attached hydrogens (tertiary/aromatic N) is 1. The molecule has 5 rings (SSSR count). The third-order valence-electron chi connectivity index (χ3n) is 7.33. The number of benzene rings is 3. The Morgan fingerprint density at radius 3 is 2.14 bits per heavy atom. The lowest BCUT2D eigenvalue weighted by Gasteiger charge is -2.39. The Kier molecular flexibility index (Phi) is 4.08. The maximum Gasteiger partial charge on any atom is 0.0433 e. The first-order valence-electron chi connectivity index (χ1n) is 10.5. The Morgan fingerprint density at radius 2 is 1.46 bits per heavy atom. The van der Waals surface area contributed by atoms with Crippen LogP contribution in [0.5, 0.6) is 0 Å². The highest BCUT2D eigenvalue weighted by Gasteiger charge is 2.59. The molecule has 2 aliphatic rings. The highest BCUT2D eigenvalue weighted by Crippen LogP contribution is 2.65. The summed E-state index contributed by atoms with van der Waals surface area (Å²) in [5.41, 5.74) is 7.53. The van der Waals surface area contributed by atoms with E-state index < -0.39 is 0 Å². The predicted molar refractivity (Wildman–Crippen MR) is 118 cm³/mol. The van der Waals surface area contributed by atoms with Gasteiger partial charge in [0.05, 0.1) is 0 Å². The van der Waals surface area contributed by atoms with Crippen molar-refractivity contribution in [1.82, 2.24) is 0 Å². The smallest absolute Gasteiger partial charge is 0.0433 e. The Balaban J connectivity index is 1.78. The van der Waals surface area contributed by atoms with Gasteiger partial charge < -0.3 is 4.90 Å². The number of para-hydroxylation sites is 1. The van der Waals surface area contributed by atoms with Crippen molar-refractivity contribution < 1.29 is 0 Å². The van der Waals surface area contributed by atoms with E-state index >= 15 is 0 Å². The second-order valence-electron chi connectivity index (χ2n) is 8.93. The first-order chi connectivity index (χ1) is 13.6. The molecular weight excluding hydrogens is 338 g/mol. The van der Waals surface area contributed by atoms with Crippen LogP contribution in [0, 0.1) is 12.8 Å². The van der Waals surface area contributed by atoms with E-state index in [0.29, 0.717) is 17.8 Å². The lowest BCUT2D eigenvalue weighted by Crippen LogP contribution is -2.39. The van der Waals surface area contributed by atoms with E-state index in [4.69, 9.17) is 0 Å². The van der Waals surface area contributed by atoms with Gasteiger partial charge in [-0.05, 0) is 53.4 Å². The van der Waals surface area contributed by atoms with Gasteiger partial charge in [-0.3, -0.25) is 0 Å². The molecule has 0 N–H and O–H groups in total. The van der Waals surface area contributed by atoms with Gasteiger partial charge >= 0.3 is 0 Å². The van der Waals surface area contributed by atoms with Crippen molar-refractivity contribution in [3.05, 3.63) is 101 Å². The molecule has 0 radical (unpaired) electrons. The summed E-state index contributed by atoms with van der Waals surface area (Å²) in [5, 5.41) is 0. The van der Waals surface area contributed by atoms with Crippen molar-refractivity contribution in [2.45, 2.75) is 37.5 Å². The minimum atomic E-state index is 0.123. The van der Waals surface area contributed by atoms with Crippen LogP contribution >= 0.6 is 0 Å². The van der Waals surface area contributed by atoms with Crippen molar-refractivity contribution in [3.8, 4) is 0 Å². The molecule has 1 nitrogen and oxygen atoms in total. The molecule has 1 spiro atoms. The van der Waals surface area contributed by atoms with Crippen LogP contribution in [-0.2, 0) is 5.41 Å². The fourth-order valence-corrected chi connectivity index (χ4v) is 6.51. The lowest BCUT2D eigenvalue weighted by atomic mass is 9.63. The topological polar surface area (TPSA) is 3.24 Å². The first kappa shape index (κ1) is 17.6. The van der Waals surface area contributed by atoms with Gasteiger partial charge in [-0.1, -0.05) is 85.8 Å². The molecule has 28 heavy (non-hydrogen) atoms. The second kappa shape index (κ2) is 6.51. The number of anilines is 1. The zero-order valence-electron chi connectivity index (χ0n) is 17.1. The Bertz CT molecular complexity index is 978. The third kappa shape index (κ3) is 2.38. The maximum atomic E-state index is 2.52. The third-order valence-corrected chi connectivity index (χ3v) is 7.33. The molecular formula is C27H29N. The van der Waals surface area contributed by atoms with E-state index in [-0.39, 0.29) is 5.41 Å². The molecule has 4 atom stereocenters. The zero-order valence-corrected chi connectivity index (χ0v) is 17.1. The molecule has 0 bridgehead atoms. The average Bonchev–Trinajstić information content (AvgIpc) is 3.18. The Hall–Kier alpha value is -2.54. The Morgan fingerprint density at radius 1 is 0.821 bits per heavy atom. The number of rotatable bonds is 2. The lowest BCUT2D eigenvalue weighted by molar-refractivity contribution is 0.356. The normalized spacial score (nSPS) is 28.7. The van der Waals surface area contributed by atoms with E-state index in [2.05, 4.69) is 105 Å². The van der Waals surface area contributed by atoms with Gasteiger partial charge in [-0.15, -0.1) is 0 Å². The summed E-state index contributed by atoms with van der Waals surface area (Å²) in [6.07, 6.45) is 1.24. The highest BCUT2D eigenvalue weighted by molar-refractivity contribution is 5.69. The van der Waals surface area contributed by atoms with Crippen molar-refractivity contribution in [2.24, 2.45) is 5.92 Å². The molecule has 1 heterocycles. The largest absolute Gasteiger partial charge is 0.373 e. The number of likely N-dealkylation sites (N-methyl/N-ethyl adjacent to an activating group) is 1. The van der Waals surface area contributed by atoms with Crippen LogP contribution in [0.25, 0.3) is 0 Å². The highest BCUT2D eigenvalue weighted by atomic mass is 15.1. The van der Waals surface area contributed by atoms with Crippen LogP contribution < -0.4 is 4.90 Å². The van der Waals surface area contributed by atoms with Crippen molar-refractivity contribution >= 4 is 5.69 Å². The first-order valence-corrected chi connectivity index (χ1v) is 10.5. The second-order valence-corrected chi connectivity index (χ2v) is 8.93. The number of hydrogen-bond donors (Lipinski definition) is 0. The average molecular weight is 368 g/mol. The molecule has 1 aliphatic heterocycles. The summed E-state index contributed by atoms with van der Waals surface area (Å²) in [4.78, 5) is 2.52. The van der Waals surface area contributed by atoms with Gasteiger partial charge in [0.2, 0.25) is 0 Å². The quantitative estimate of drug-likeness (QED) is 0.514.